The number of fused-ring (bicyclic) bond motifs is 1. The maximum atomic E-state index is 10.5. The van der Waals surface area contributed by atoms with E-state index in [1.54, 1.807) is 4.90 Å². The highest BCUT2D eigenvalue weighted by molar-refractivity contribution is 7.82. The van der Waals surface area contributed by atoms with Crippen LogP contribution in [0.25, 0.3) is 0 Å². The van der Waals surface area contributed by atoms with Crippen LogP contribution in [0.3, 0.4) is 0 Å². The molecule has 1 aliphatic heterocycles. The van der Waals surface area contributed by atoms with Gasteiger partial charge >= 0.3 is 5.97 Å². The minimum atomic E-state index is -0.846. The highest BCUT2D eigenvalue weighted by Gasteiger charge is 2.28. The molecular formula is C11H9NO2S2. The third-order valence-electron chi connectivity index (χ3n) is 2.43. The number of carbonyl (C=O) groups is 1. The molecule has 82 valence electrons. The Hall–Kier alpha value is -1.33. The largest absolute Gasteiger partial charge is 0.481 e. The summed E-state index contributed by atoms with van der Waals surface area (Å²) in [6.45, 7) is 0.335. The van der Waals surface area contributed by atoms with Gasteiger partial charge in [0.15, 0.2) is 0 Å². The zero-order valence-electron chi connectivity index (χ0n) is 8.34. The fourth-order valence-corrected chi connectivity index (χ4v) is 2.43. The lowest BCUT2D eigenvalue weighted by atomic mass is 10.1. The van der Waals surface area contributed by atoms with E-state index in [2.05, 4.69) is 0 Å². The van der Waals surface area contributed by atoms with E-state index in [9.17, 15) is 4.79 Å². The van der Waals surface area contributed by atoms with Gasteiger partial charge in [-0.05, 0) is 0 Å². The first kappa shape index (κ1) is 11.2. The summed E-state index contributed by atoms with van der Waals surface area (Å²) < 4.78 is 0. The number of aliphatic carboxylic acids is 1. The number of hydrogen-bond acceptors (Lipinski definition) is 3. The maximum Gasteiger partial charge on any atom is 0.305 e. The summed E-state index contributed by atoms with van der Waals surface area (Å²) in [5.74, 6) is -0.846. The molecule has 0 aromatic heterocycles. The molecule has 1 aromatic carbocycles. The molecular weight excluding hydrogens is 242 g/mol. The quantitative estimate of drug-likeness (QED) is 0.830. The molecule has 0 amide bonds. The number of rotatable bonds is 3. The lowest BCUT2D eigenvalue weighted by Crippen LogP contribution is -2.30. The molecule has 1 aromatic rings. The van der Waals surface area contributed by atoms with E-state index in [1.165, 1.54) is 0 Å². The number of hydrogen-bond donors (Lipinski definition) is 1. The minimum Gasteiger partial charge on any atom is -0.481 e. The van der Waals surface area contributed by atoms with E-state index in [4.69, 9.17) is 29.5 Å². The predicted molar refractivity (Wildman–Crippen MR) is 68.8 cm³/mol. The topological polar surface area (TPSA) is 40.5 Å². The molecule has 1 heterocycles. The van der Waals surface area contributed by atoms with Gasteiger partial charge in [0.1, 0.15) is 9.98 Å². The Labute approximate surface area is 104 Å². The molecule has 5 heteroatoms. The van der Waals surface area contributed by atoms with Crippen molar-refractivity contribution in [1.29, 1.82) is 0 Å². The summed E-state index contributed by atoms with van der Waals surface area (Å²) in [6.07, 6.45) is 0.0360. The van der Waals surface area contributed by atoms with Crippen LogP contribution in [-0.4, -0.2) is 32.5 Å². The first-order valence-electron chi connectivity index (χ1n) is 4.78. The summed E-state index contributed by atoms with van der Waals surface area (Å²) in [6, 6.07) is 7.61. The molecule has 0 aliphatic carbocycles. The first-order chi connectivity index (χ1) is 7.61. The Morgan fingerprint density at radius 2 is 1.69 bits per heavy atom. The molecule has 0 radical (unpaired) electrons. The summed E-state index contributed by atoms with van der Waals surface area (Å²) >= 11 is 10.5. The fraction of sp³-hybridized carbons (Fsp3) is 0.182. The molecule has 0 unspecified atom stereocenters. The molecule has 0 spiro atoms. The van der Waals surface area contributed by atoms with Gasteiger partial charge in [0.05, 0.1) is 6.42 Å². The van der Waals surface area contributed by atoms with Gasteiger partial charge in [0.2, 0.25) is 0 Å². The summed E-state index contributed by atoms with van der Waals surface area (Å²) in [4.78, 5) is 13.5. The fourth-order valence-electron chi connectivity index (χ4n) is 1.65. The second kappa shape index (κ2) is 4.27. The molecule has 0 saturated carbocycles. The van der Waals surface area contributed by atoms with Gasteiger partial charge in [-0.15, -0.1) is 0 Å². The zero-order valence-corrected chi connectivity index (χ0v) is 9.98. The van der Waals surface area contributed by atoms with Gasteiger partial charge in [0.25, 0.3) is 0 Å². The Bertz CT molecular complexity index is 450. The van der Waals surface area contributed by atoms with Gasteiger partial charge in [-0.1, -0.05) is 48.7 Å². The van der Waals surface area contributed by atoms with Crippen LogP contribution >= 0.6 is 24.4 Å². The van der Waals surface area contributed by atoms with Gasteiger partial charge in [0, 0.05) is 17.7 Å². The highest BCUT2D eigenvalue weighted by atomic mass is 32.1. The SMILES string of the molecule is O=C(O)CCN1C(=S)c2ccccc2C1=S. The second-order valence-electron chi connectivity index (χ2n) is 3.45. The molecule has 0 saturated heterocycles. The van der Waals surface area contributed by atoms with Crippen molar-refractivity contribution in [3.8, 4) is 0 Å². The third-order valence-corrected chi connectivity index (χ3v) is 3.31. The molecule has 1 N–H and O–H groups in total. The molecule has 3 nitrogen and oxygen atoms in total. The number of benzene rings is 1. The highest BCUT2D eigenvalue weighted by Crippen LogP contribution is 2.24. The van der Waals surface area contributed by atoms with Crippen molar-refractivity contribution in [2.75, 3.05) is 6.54 Å². The standard InChI is InChI=1S/C11H9NO2S2/c13-9(14)5-6-12-10(15)7-3-1-2-4-8(7)11(12)16/h1-4H,5-6H2,(H,13,14). The first-order valence-corrected chi connectivity index (χ1v) is 5.60. The zero-order chi connectivity index (χ0) is 11.7. The van der Waals surface area contributed by atoms with E-state index < -0.39 is 5.97 Å². The van der Waals surface area contributed by atoms with Crippen molar-refractivity contribution in [3.05, 3.63) is 35.4 Å². The van der Waals surface area contributed by atoms with E-state index in [0.29, 0.717) is 16.5 Å². The van der Waals surface area contributed by atoms with Crippen molar-refractivity contribution in [1.82, 2.24) is 4.90 Å². The third kappa shape index (κ3) is 1.83. The smallest absolute Gasteiger partial charge is 0.305 e. The lowest BCUT2D eigenvalue weighted by Gasteiger charge is -2.16. The molecule has 0 bridgehead atoms. The van der Waals surface area contributed by atoms with E-state index in [0.717, 1.165) is 11.1 Å². The normalized spacial score (nSPS) is 14.1. The monoisotopic (exact) mass is 251 g/mol. The van der Waals surface area contributed by atoms with Crippen molar-refractivity contribution < 1.29 is 9.90 Å². The maximum absolute atomic E-state index is 10.5. The van der Waals surface area contributed by atoms with Crippen LogP contribution in [0, 0.1) is 0 Å². The van der Waals surface area contributed by atoms with Crippen LogP contribution in [0.4, 0.5) is 0 Å². The van der Waals surface area contributed by atoms with Crippen molar-refractivity contribution in [3.63, 3.8) is 0 Å². The number of nitrogens with zero attached hydrogens (tertiary/aromatic N) is 1. The van der Waals surface area contributed by atoms with Crippen LogP contribution in [0.5, 0.6) is 0 Å². The average molecular weight is 251 g/mol. The molecule has 2 rings (SSSR count). The summed E-state index contributed by atoms with van der Waals surface area (Å²) in [5, 5.41) is 8.65. The molecule has 0 fully saturated rings. The van der Waals surface area contributed by atoms with Gasteiger partial charge < -0.3 is 10.0 Å². The predicted octanol–water partition coefficient (Wildman–Crippen LogP) is 1.83. The Kier molecular flexibility index (Phi) is 2.98. The van der Waals surface area contributed by atoms with Crippen LogP contribution in [0.2, 0.25) is 0 Å². The lowest BCUT2D eigenvalue weighted by molar-refractivity contribution is -0.137. The molecule has 0 atom stereocenters. The van der Waals surface area contributed by atoms with Crippen LogP contribution in [-0.2, 0) is 4.79 Å². The second-order valence-corrected chi connectivity index (χ2v) is 4.22. The average Bonchev–Trinajstić information content (AvgIpc) is 2.50. The van der Waals surface area contributed by atoms with E-state index in [-0.39, 0.29) is 6.42 Å². The Morgan fingerprint density at radius 1 is 1.19 bits per heavy atom. The van der Waals surface area contributed by atoms with E-state index >= 15 is 0 Å². The number of thiocarbonyl (C=S) groups is 2. The molecule has 16 heavy (non-hydrogen) atoms. The van der Waals surface area contributed by atoms with Crippen molar-refractivity contribution in [2.45, 2.75) is 6.42 Å². The van der Waals surface area contributed by atoms with Gasteiger partial charge in [-0.25, -0.2) is 0 Å². The van der Waals surface area contributed by atoms with Crippen LogP contribution in [0.15, 0.2) is 24.3 Å². The van der Waals surface area contributed by atoms with Gasteiger partial charge in [-0.2, -0.15) is 0 Å². The summed E-state index contributed by atoms with van der Waals surface area (Å²) in [5.41, 5.74) is 1.85. The summed E-state index contributed by atoms with van der Waals surface area (Å²) in [7, 11) is 0. The Morgan fingerprint density at radius 3 is 2.12 bits per heavy atom. The minimum absolute atomic E-state index is 0.0360. The van der Waals surface area contributed by atoms with Crippen LogP contribution in [0.1, 0.15) is 17.5 Å². The van der Waals surface area contributed by atoms with Crippen LogP contribution < -0.4 is 0 Å². The number of carboxylic acids is 1. The van der Waals surface area contributed by atoms with Crippen molar-refractivity contribution in [2.24, 2.45) is 0 Å². The van der Waals surface area contributed by atoms with Gasteiger partial charge in [-0.3, -0.25) is 4.79 Å². The number of carboxylic acid groups (broad SMARTS) is 1. The molecule has 1 aliphatic rings. The van der Waals surface area contributed by atoms with Crippen molar-refractivity contribution >= 4 is 40.4 Å². The van der Waals surface area contributed by atoms with E-state index in [1.807, 2.05) is 24.3 Å². The Balaban J connectivity index is 2.25.